The predicted octanol–water partition coefficient (Wildman–Crippen LogP) is 0.0355. The third-order valence-corrected chi connectivity index (χ3v) is 3.47. The number of amides is 1. The summed E-state index contributed by atoms with van der Waals surface area (Å²) in [5.41, 5.74) is 5.88. The van der Waals surface area contributed by atoms with Crippen LogP contribution in [0.5, 0.6) is 0 Å². The van der Waals surface area contributed by atoms with Crippen molar-refractivity contribution in [2.75, 3.05) is 26.4 Å². The Labute approximate surface area is 102 Å². The van der Waals surface area contributed by atoms with Gasteiger partial charge in [-0.25, -0.2) is 0 Å². The molecule has 1 saturated carbocycles. The van der Waals surface area contributed by atoms with Gasteiger partial charge in [0.15, 0.2) is 0 Å². The number of ether oxygens (including phenoxy) is 2. The number of rotatable bonds is 3. The second-order valence-electron chi connectivity index (χ2n) is 4.94. The Kier molecular flexibility index (Phi) is 4.76. The Morgan fingerprint density at radius 1 is 1.35 bits per heavy atom. The summed E-state index contributed by atoms with van der Waals surface area (Å²) >= 11 is 0. The molecular weight excluding hydrogens is 220 g/mol. The second-order valence-corrected chi connectivity index (χ2v) is 4.94. The number of carbonyl (C=O) groups is 1. The molecule has 3 unspecified atom stereocenters. The summed E-state index contributed by atoms with van der Waals surface area (Å²) in [4.78, 5) is 11.9. The largest absolute Gasteiger partial charge is 0.376 e. The normalized spacial score (nSPS) is 34.3. The lowest BCUT2D eigenvalue weighted by molar-refractivity contribution is -0.128. The monoisotopic (exact) mass is 242 g/mol. The molecule has 1 heterocycles. The van der Waals surface area contributed by atoms with E-state index in [1.165, 1.54) is 0 Å². The highest BCUT2D eigenvalue weighted by atomic mass is 16.6. The summed E-state index contributed by atoms with van der Waals surface area (Å²) in [6.45, 7) is 2.39. The molecule has 0 bridgehead atoms. The van der Waals surface area contributed by atoms with Gasteiger partial charge in [0.05, 0.1) is 25.9 Å². The highest BCUT2D eigenvalue weighted by Crippen LogP contribution is 2.23. The molecule has 0 aromatic rings. The molecule has 1 amide bonds. The van der Waals surface area contributed by atoms with Crippen molar-refractivity contribution in [1.29, 1.82) is 0 Å². The van der Waals surface area contributed by atoms with Gasteiger partial charge < -0.3 is 20.5 Å². The van der Waals surface area contributed by atoms with Crippen LogP contribution in [0.25, 0.3) is 0 Å². The third kappa shape index (κ3) is 3.94. The van der Waals surface area contributed by atoms with E-state index in [-0.39, 0.29) is 24.0 Å². The van der Waals surface area contributed by atoms with Crippen LogP contribution in [0, 0.1) is 5.92 Å². The van der Waals surface area contributed by atoms with Crippen molar-refractivity contribution in [3.63, 3.8) is 0 Å². The van der Waals surface area contributed by atoms with Gasteiger partial charge >= 0.3 is 0 Å². The summed E-state index contributed by atoms with van der Waals surface area (Å²) in [5, 5.41) is 2.94. The lowest BCUT2D eigenvalue weighted by Gasteiger charge is -2.27. The average Bonchev–Trinajstić information content (AvgIpc) is 2.37. The first-order chi connectivity index (χ1) is 8.25. The Morgan fingerprint density at radius 3 is 2.94 bits per heavy atom. The fourth-order valence-corrected chi connectivity index (χ4v) is 2.48. The molecule has 1 saturated heterocycles. The van der Waals surface area contributed by atoms with Crippen molar-refractivity contribution in [2.45, 2.75) is 37.8 Å². The maximum absolute atomic E-state index is 11.9. The van der Waals surface area contributed by atoms with Crippen LogP contribution in [0.4, 0.5) is 0 Å². The van der Waals surface area contributed by atoms with Crippen LogP contribution in [-0.2, 0) is 14.3 Å². The van der Waals surface area contributed by atoms with Crippen molar-refractivity contribution >= 4 is 5.91 Å². The zero-order valence-corrected chi connectivity index (χ0v) is 10.2. The van der Waals surface area contributed by atoms with Crippen LogP contribution in [0.3, 0.4) is 0 Å². The van der Waals surface area contributed by atoms with Crippen molar-refractivity contribution in [2.24, 2.45) is 11.7 Å². The summed E-state index contributed by atoms with van der Waals surface area (Å²) in [7, 11) is 0. The number of nitrogens with one attached hydrogen (secondary N) is 1. The average molecular weight is 242 g/mol. The van der Waals surface area contributed by atoms with Gasteiger partial charge in [0.1, 0.15) is 0 Å². The van der Waals surface area contributed by atoms with Gasteiger partial charge in [-0.15, -0.1) is 0 Å². The van der Waals surface area contributed by atoms with Gasteiger partial charge in [-0.2, -0.15) is 0 Å². The van der Waals surface area contributed by atoms with Crippen LogP contribution < -0.4 is 11.1 Å². The van der Waals surface area contributed by atoms with Gasteiger partial charge in [0.25, 0.3) is 0 Å². The second kappa shape index (κ2) is 6.33. The molecule has 17 heavy (non-hydrogen) atoms. The molecule has 0 spiro atoms. The summed E-state index contributed by atoms with van der Waals surface area (Å²) in [6.07, 6.45) is 3.88. The van der Waals surface area contributed by atoms with Gasteiger partial charge in [0, 0.05) is 18.5 Å². The van der Waals surface area contributed by atoms with Gasteiger partial charge in [-0.1, -0.05) is 6.42 Å². The molecule has 3 atom stereocenters. The molecule has 0 aromatic heterocycles. The highest BCUT2D eigenvalue weighted by molar-refractivity contribution is 5.78. The van der Waals surface area contributed by atoms with E-state index in [0.717, 1.165) is 25.7 Å². The third-order valence-electron chi connectivity index (χ3n) is 3.47. The predicted molar refractivity (Wildman–Crippen MR) is 63.5 cm³/mol. The Hall–Kier alpha value is -0.650. The lowest BCUT2D eigenvalue weighted by atomic mass is 9.85. The van der Waals surface area contributed by atoms with Crippen LogP contribution in [-0.4, -0.2) is 44.4 Å². The number of hydrogen-bond acceptors (Lipinski definition) is 4. The number of carbonyl (C=O) groups excluding carboxylic acids is 1. The molecule has 5 heteroatoms. The molecule has 2 fully saturated rings. The molecule has 0 radical (unpaired) electrons. The van der Waals surface area contributed by atoms with Gasteiger partial charge in [0.2, 0.25) is 5.91 Å². The standard InChI is InChI=1S/C12H22N2O3/c13-10-3-1-2-9(6-10)12(15)14-7-11-8-16-4-5-17-11/h9-11H,1-8,13H2,(H,14,15). The number of hydrogen-bond donors (Lipinski definition) is 2. The molecule has 2 aliphatic rings. The van der Waals surface area contributed by atoms with Crippen molar-refractivity contribution < 1.29 is 14.3 Å². The van der Waals surface area contributed by atoms with E-state index >= 15 is 0 Å². The van der Waals surface area contributed by atoms with E-state index in [9.17, 15) is 4.79 Å². The molecule has 1 aliphatic carbocycles. The first-order valence-corrected chi connectivity index (χ1v) is 6.48. The molecule has 1 aliphatic heterocycles. The van der Waals surface area contributed by atoms with Crippen LogP contribution >= 0.6 is 0 Å². The quantitative estimate of drug-likeness (QED) is 0.732. The minimum atomic E-state index is 0.00460. The van der Waals surface area contributed by atoms with E-state index in [2.05, 4.69) is 5.32 Å². The Balaban J connectivity index is 1.69. The van der Waals surface area contributed by atoms with Crippen LogP contribution in [0.15, 0.2) is 0 Å². The molecule has 2 rings (SSSR count). The fourth-order valence-electron chi connectivity index (χ4n) is 2.48. The van der Waals surface area contributed by atoms with E-state index in [1.54, 1.807) is 0 Å². The van der Waals surface area contributed by atoms with E-state index in [0.29, 0.717) is 26.4 Å². The summed E-state index contributed by atoms with van der Waals surface area (Å²) in [5.74, 6) is 0.206. The topological polar surface area (TPSA) is 73.6 Å². The first kappa shape index (κ1) is 12.8. The van der Waals surface area contributed by atoms with Crippen LogP contribution in [0.2, 0.25) is 0 Å². The SMILES string of the molecule is NC1CCCC(C(=O)NCC2COCCO2)C1. The van der Waals surface area contributed by atoms with Crippen molar-refractivity contribution in [3.05, 3.63) is 0 Å². The maximum atomic E-state index is 11.9. The van der Waals surface area contributed by atoms with Crippen LogP contribution in [0.1, 0.15) is 25.7 Å². The minimum absolute atomic E-state index is 0.00460. The van der Waals surface area contributed by atoms with E-state index in [4.69, 9.17) is 15.2 Å². The fraction of sp³-hybridized carbons (Fsp3) is 0.917. The first-order valence-electron chi connectivity index (χ1n) is 6.48. The highest BCUT2D eigenvalue weighted by Gasteiger charge is 2.26. The molecule has 98 valence electrons. The van der Waals surface area contributed by atoms with Crippen molar-refractivity contribution in [3.8, 4) is 0 Å². The Morgan fingerprint density at radius 2 is 2.24 bits per heavy atom. The Bertz CT molecular complexity index is 254. The summed E-state index contributed by atoms with van der Waals surface area (Å²) < 4.78 is 10.8. The zero-order chi connectivity index (χ0) is 12.1. The van der Waals surface area contributed by atoms with E-state index in [1.807, 2.05) is 0 Å². The molecular formula is C12H22N2O3. The zero-order valence-electron chi connectivity index (χ0n) is 10.2. The smallest absolute Gasteiger partial charge is 0.223 e. The van der Waals surface area contributed by atoms with E-state index < -0.39 is 0 Å². The van der Waals surface area contributed by atoms with Gasteiger partial charge in [-0.05, 0) is 19.3 Å². The molecule has 3 N–H and O–H groups in total. The molecule has 0 aromatic carbocycles. The van der Waals surface area contributed by atoms with Gasteiger partial charge in [-0.3, -0.25) is 4.79 Å². The minimum Gasteiger partial charge on any atom is -0.376 e. The van der Waals surface area contributed by atoms with Crippen molar-refractivity contribution in [1.82, 2.24) is 5.32 Å². The summed E-state index contributed by atoms with van der Waals surface area (Å²) in [6, 6.07) is 0.189. The lowest BCUT2D eigenvalue weighted by Crippen LogP contribution is -2.43. The maximum Gasteiger partial charge on any atom is 0.223 e. The molecule has 5 nitrogen and oxygen atoms in total. The number of nitrogens with two attached hydrogens (primary N) is 1.